The average molecular weight is 343 g/mol. The predicted octanol–water partition coefficient (Wildman–Crippen LogP) is -4.05. The minimum absolute atomic E-state index is 0.132. The standard InChI is InChI=1S/C14H29N7O3/c15-12(22)9-19-3-1-18-2-4-20(10-13(16)23)6-8-21(7-5-19)11-14(17)24/h18H,1-11H2,(H2,15,22)(H2,16,23)(H2,17,24). The third kappa shape index (κ3) is 9.40. The van der Waals surface area contributed by atoms with E-state index in [0.717, 1.165) is 0 Å². The van der Waals surface area contributed by atoms with Gasteiger partial charge < -0.3 is 22.5 Å². The number of primary amides is 3. The fourth-order valence-corrected chi connectivity index (χ4v) is 2.64. The molecule has 1 aliphatic rings. The van der Waals surface area contributed by atoms with E-state index in [4.69, 9.17) is 17.2 Å². The van der Waals surface area contributed by atoms with Gasteiger partial charge in [-0.3, -0.25) is 29.1 Å². The molecule has 0 atom stereocenters. The lowest BCUT2D eigenvalue weighted by Crippen LogP contribution is -2.49. The number of hydrogen-bond acceptors (Lipinski definition) is 7. The molecule has 0 radical (unpaired) electrons. The first-order chi connectivity index (χ1) is 11.4. The molecular weight excluding hydrogens is 314 g/mol. The molecule has 138 valence electrons. The second kappa shape index (κ2) is 10.9. The predicted molar refractivity (Wildman–Crippen MR) is 89.8 cm³/mol. The molecule has 1 heterocycles. The van der Waals surface area contributed by atoms with Crippen LogP contribution in [-0.4, -0.2) is 104 Å². The molecule has 0 bridgehead atoms. The molecule has 0 aromatic rings. The van der Waals surface area contributed by atoms with E-state index in [9.17, 15) is 14.4 Å². The van der Waals surface area contributed by atoms with Gasteiger partial charge >= 0.3 is 0 Å². The number of carbonyl (C=O) groups excluding carboxylic acids is 3. The van der Waals surface area contributed by atoms with Crippen molar-refractivity contribution < 1.29 is 14.4 Å². The summed E-state index contributed by atoms with van der Waals surface area (Å²) in [6.45, 7) is 5.61. The normalized spacial score (nSPS) is 20.0. The van der Waals surface area contributed by atoms with E-state index in [1.165, 1.54) is 0 Å². The molecule has 0 saturated carbocycles. The molecule has 0 aromatic heterocycles. The van der Waals surface area contributed by atoms with Crippen LogP contribution in [-0.2, 0) is 14.4 Å². The fourth-order valence-electron chi connectivity index (χ4n) is 2.64. The van der Waals surface area contributed by atoms with Gasteiger partial charge in [-0.1, -0.05) is 0 Å². The first-order valence-corrected chi connectivity index (χ1v) is 8.09. The Labute approximate surface area is 142 Å². The molecule has 3 amide bonds. The number of hydrogen-bond donors (Lipinski definition) is 4. The molecule has 0 aromatic carbocycles. The Kier molecular flexibility index (Phi) is 9.23. The highest BCUT2D eigenvalue weighted by Crippen LogP contribution is 1.97. The molecule has 10 heteroatoms. The van der Waals surface area contributed by atoms with Gasteiger partial charge in [0.1, 0.15) is 0 Å². The third-order valence-electron chi connectivity index (χ3n) is 3.81. The number of carbonyl (C=O) groups is 3. The second-order valence-corrected chi connectivity index (χ2v) is 5.98. The van der Waals surface area contributed by atoms with E-state index in [1.54, 1.807) is 0 Å². The van der Waals surface area contributed by atoms with Crippen molar-refractivity contribution in [2.75, 3.05) is 72.0 Å². The van der Waals surface area contributed by atoms with Crippen molar-refractivity contribution in [1.82, 2.24) is 20.0 Å². The molecule has 7 N–H and O–H groups in total. The Bertz CT molecular complexity index is 403. The van der Waals surface area contributed by atoms with Crippen LogP contribution in [0.15, 0.2) is 0 Å². The van der Waals surface area contributed by atoms with E-state index in [-0.39, 0.29) is 31.4 Å². The van der Waals surface area contributed by atoms with Crippen LogP contribution in [0.3, 0.4) is 0 Å². The summed E-state index contributed by atoms with van der Waals surface area (Å²) in [7, 11) is 0. The summed E-state index contributed by atoms with van der Waals surface area (Å²) in [6, 6.07) is 0. The zero-order valence-corrected chi connectivity index (χ0v) is 14.1. The van der Waals surface area contributed by atoms with Gasteiger partial charge in [0.05, 0.1) is 19.6 Å². The summed E-state index contributed by atoms with van der Waals surface area (Å²) >= 11 is 0. The van der Waals surface area contributed by atoms with Gasteiger partial charge in [-0.25, -0.2) is 0 Å². The van der Waals surface area contributed by atoms with Crippen molar-refractivity contribution in [1.29, 1.82) is 0 Å². The molecule has 0 unspecified atom stereocenters. The highest BCUT2D eigenvalue weighted by molar-refractivity contribution is 5.76. The van der Waals surface area contributed by atoms with Crippen LogP contribution >= 0.6 is 0 Å². The summed E-state index contributed by atoms with van der Waals surface area (Å²) in [4.78, 5) is 39.4. The van der Waals surface area contributed by atoms with Crippen molar-refractivity contribution in [3.8, 4) is 0 Å². The third-order valence-corrected chi connectivity index (χ3v) is 3.81. The van der Waals surface area contributed by atoms with E-state index in [1.807, 2.05) is 14.7 Å². The fraction of sp³-hybridized carbons (Fsp3) is 0.786. The molecule has 0 aliphatic carbocycles. The van der Waals surface area contributed by atoms with E-state index < -0.39 is 5.91 Å². The van der Waals surface area contributed by atoms with E-state index >= 15 is 0 Å². The van der Waals surface area contributed by atoms with Gasteiger partial charge in [0.25, 0.3) is 0 Å². The zero-order valence-electron chi connectivity index (χ0n) is 14.1. The Morgan fingerprint density at radius 3 is 1.21 bits per heavy atom. The first-order valence-electron chi connectivity index (χ1n) is 8.09. The minimum Gasteiger partial charge on any atom is -0.369 e. The maximum Gasteiger partial charge on any atom is 0.231 e. The molecule has 10 nitrogen and oxygen atoms in total. The zero-order chi connectivity index (χ0) is 17.9. The van der Waals surface area contributed by atoms with E-state index in [0.29, 0.717) is 52.4 Å². The van der Waals surface area contributed by atoms with Crippen LogP contribution in [0.5, 0.6) is 0 Å². The molecule has 1 rings (SSSR count). The number of nitrogens with one attached hydrogen (secondary N) is 1. The number of rotatable bonds is 6. The van der Waals surface area contributed by atoms with Crippen molar-refractivity contribution in [3.63, 3.8) is 0 Å². The monoisotopic (exact) mass is 343 g/mol. The topological polar surface area (TPSA) is 151 Å². The van der Waals surface area contributed by atoms with Gasteiger partial charge in [-0.2, -0.15) is 0 Å². The van der Waals surface area contributed by atoms with Crippen LogP contribution in [0.1, 0.15) is 0 Å². The lowest BCUT2D eigenvalue weighted by atomic mass is 10.3. The van der Waals surface area contributed by atoms with Gasteiger partial charge in [0, 0.05) is 52.4 Å². The number of nitrogens with two attached hydrogens (primary N) is 3. The molecule has 24 heavy (non-hydrogen) atoms. The SMILES string of the molecule is NC(=O)CN1CCNCCN(CC(N)=O)CCN(CC(N)=O)CC1. The molecule has 1 aliphatic heterocycles. The summed E-state index contributed by atoms with van der Waals surface area (Å²) in [5.74, 6) is -1.17. The van der Waals surface area contributed by atoms with E-state index in [2.05, 4.69) is 5.32 Å². The quantitative estimate of drug-likeness (QED) is 0.383. The molecule has 1 saturated heterocycles. The van der Waals surface area contributed by atoms with Gasteiger partial charge in [-0.05, 0) is 0 Å². The highest BCUT2D eigenvalue weighted by atomic mass is 16.2. The number of nitrogens with zero attached hydrogens (tertiary/aromatic N) is 3. The van der Waals surface area contributed by atoms with Crippen molar-refractivity contribution in [3.05, 3.63) is 0 Å². The lowest BCUT2D eigenvalue weighted by Gasteiger charge is -2.30. The van der Waals surface area contributed by atoms with Crippen molar-refractivity contribution >= 4 is 17.7 Å². The highest BCUT2D eigenvalue weighted by Gasteiger charge is 2.16. The van der Waals surface area contributed by atoms with Crippen LogP contribution in [0.2, 0.25) is 0 Å². The van der Waals surface area contributed by atoms with Gasteiger partial charge in [0.15, 0.2) is 0 Å². The lowest BCUT2D eigenvalue weighted by molar-refractivity contribution is -0.121. The van der Waals surface area contributed by atoms with Crippen LogP contribution < -0.4 is 22.5 Å². The van der Waals surface area contributed by atoms with Crippen LogP contribution in [0.25, 0.3) is 0 Å². The Hall–Kier alpha value is -1.75. The smallest absolute Gasteiger partial charge is 0.231 e. The summed E-state index contributed by atoms with van der Waals surface area (Å²) < 4.78 is 0. The largest absolute Gasteiger partial charge is 0.369 e. The minimum atomic E-state index is -0.410. The average Bonchev–Trinajstić information content (AvgIpc) is 2.45. The molecular formula is C14H29N7O3. The first kappa shape index (κ1) is 20.3. The Balaban J connectivity index is 2.68. The van der Waals surface area contributed by atoms with Gasteiger partial charge in [-0.15, -0.1) is 0 Å². The van der Waals surface area contributed by atoms with Crippen LogP contribution in [0, 0.1) is 0 Å². The molecule has 0 spiro atoms. The summed E-state index contributed by atoms with van der Waals surface area (Å²) in [6.07, 6.45) is 0. The van der Waals surface area contributed by atoms with Crippen LogP contribution in [0.4, 0.5) is 0 Å². The van der Waals surface area contributed by atoms with Gasteiger partial charge in [0.2, 0.25) is 17.7 Å². The second-order valence-electron chi connectivity index (χ2n) is 5.98. The summed E-state index contributed by atoms with van der Waals surface area (Å²) in [5.41, 5.74) is 15.9. The maximum absolute atomic E-state index is 11.3. The maximum atomic E-state index is 11.3. The number of amides is 3. The molecule has 1 fully saturated rings. The Morgan fingerprint density at radius 1 is 0.625 bits per heavy atom. The van der Waals surface area contributed by atoms with Crippen molar-refractivity contribution in [2.24, 2.45) is 17.2 Å². The van der Waals surface area contributed by atoms with Crippen molar-refractivity contribution in [2.45, 2.75) is 0 Å². The Morgan fingerprint density at radius 2 is 0.917 bits per heavy atom. The summed E-state index contributed by atoms with van der Waals surface area (Å²) in [5, 5.41) is 3.28.